The number of halogens is 5. The molecule has 1 aromatic heterocycles. The lowest BCUT2D eigenvalue weighted by molar-refractivity contribution is -0.155. The molecule has 3 saturated carbocycles. The minimum absolute atomic E-state index is 0.0359. The highest BCUT2D eigenvalue weighted by atomic mass is 19.4. The summed E-state index contributed by atoms with van der Waals surface area (Å²) in [6.07, 6.45) is -4.78. The van der Waals surface area contributed by atoms with Crippen molar-refractivity contribution in [2.45, 2.75) is 56.0 Å². The third-order valence-electron chi connectivity index (χ3n) is 7.12. The van der Waals surface area contributed by atoms with Crippen LogP contribution >= 0.6 is 0 Å². The molecule has 2 unspecified atom stereocenters. The maximum absolute atomic E-state index is 13.6. The Balaban J connectivity index is 1.38. The van der Waals surface area contributed by atoms with Gasteiger partial charge in [-0.25, -0.2) is 13.8 Å². The van der Waals surface area contributed by atoms with Crippen LogP contribution in [0.5, 0.6) is 11.5 Å². The molecule has 2 bridgehead atoms. The molecule has 0 aliphatic heterocycles. The zero-order valence-electron chi connectivity index (χ0n) is 19.4. The number of aliphatic hydroxyl groups excluding tert-OH is 1. The van der Waals surface area contributed by atoms with Crippen molar-refractivity contribution in [1.29, 1.82) is 0 Å². The van der Waals surface area contributed by atoms with E-state index in [4.69, 9.17) is 15.2 Å². The number of ether oxygens (including phenoxy) is 2. The standard InChI is InChI=1S/C24H24F5N3O5/c25-15-3-1-13(9-16(15)26)37-20(21(30)35)22-5-7-23(8-6-22,18(33)10-22)32-19(34)12-36-14-2-4-17(31-11-14)24(27,28)29/h1-4,9,11,18,20,33H,5-8,10,12H2,(H2,30,35)(H,32,34). The van der Waals surface area contributed by atoms with Crippen molar-refractivity contribution in [1.82, 2.24) is 10.3 Å². The molecule has 2 amide bonds. The minimum atomic E-state index is -4.60. The number of amides is 2. The summed E-state index contributed by atoms with van der Waals surface area (Å²) in [5.41, 5.74) is 2.59. The predicted octanol–water partition coefficient (Wildman–Crippen LogP) is 2.87. The average Bonchev–Trinajstić information content (AvgIpc) is 2.84. The number of benzene rings is 1. The van der Waals surface area contributed by atoms with E-state index in [1.165, 1.54) is 6.07 Å². The van der Waals surface area contributed by atoms with Crippen LogP contribution in [0, 0.1) is 17.0 Å². The lowest BCUT2D eigenvalue weighted by atomic mass is 9.53. The third kappa shape index (κ3) is 5.45. The van der Waals surface area contributed by atoms with Gasteiger partial charge in [-0.1, -0.05) is 0 Å². The summed E-state index contributed by atoms with van der Waals surface area (Å²) in [6, 6.07) is 4.61. The molecule has 2 atom stereocenters. The Kier molecular flexibility index (Phi) is 7.01. The molecule has 8 nitrogen and oxygen atoms in total. The monoisotopic (exact) mass is 529 g/mol. The van der Waals surface area contributed by atoms with Crippen LogP contribution in [0.1, 0.15) is 37.8 Å². The van der Waals surface area contributed by atoms with Crippen molar-refractivity contribution in [2.75, 3.05) is 6.61 Å². The van der Waals surface area contributed by atoms with Crippen molar-refractivity contribution in [2.24, 2.45) is 11.1 Å². The molecule has 3 aliphatic rings. The van der Waals surface area contributed by atoms with Gasteiger partial charge in [0.1, 0.15) is 17.2 Å². The van der Waals surface area contributed by atoms with Gasteiger partial charge in [0.05, 0.1) is 17.8 Å². The number of nitrogens with zero attached hydrogens (tertiary/aromatic N) is 1. The molecule has 200 valence electrons. The van der Waals surface area contributed by atoms with E-state index in [1.54, 1.807) is 0 Å². The Morgan fingerprint density at radius 2 is 1.78 bits per heavy atom. The summed E-state index contributed by atoms with van der Waals surface area (Å²) >= 11 is 0. The minimum Gasteiger partial charge on any atom is -0.482 e. The average molecular weight is 529 g/mol. The zero-order valence-corrected chi connectivity index (χ0v) is 19.4. The molecule has 1 heterocycles. The number of alkyl halides is 3. The van der Waals surface area contributed by atoms with Gasteiger partial charge < -0.3 is 25.6 Å². The first kappa shape index (κ1) is 26.6. The SMILES string of the molecule is NC(=O)C(Oc1ccc(F)c(F)c1)C12CCC(NC(=O)COc3ccc(C(F)(F)F)nc3)(CC1)C(O)C2. The molecule has 13 heteroatoms. The van der Waals surface area contributed by atoms with Crippen LogP contribution in [0.4, 0.5) is 22.0 Å². The fourth-order valence-electron chi connectivity index (χ4n) is 5.16. The van der Waals surface area contributed by atoms with Crippen LogP contribution in [0.3, 0.4) is 0 Å². The lowest BCUT2D eigenvalue weighted by Gasteiger charge is -2.57. The van der Waals surface area contributed by atoms with Gasteiger partial charge in [-0.05, 0) is 56.4 Å². The Bertz CT molecular complexity index is 1170. The van der Waals surface area contributed by atoms with Crippen LogP contribution < -0.4 is 20.5 Å². The Morgan fingerprint density at radius 1 is 1.11 bits per heavy atom. The maximum atomic E-state index is 13.6. The Hall–Kier alpha value is -3.48. The van der Waals surface area contributed by atoms with Crippen LogP contribution in [-0.2, 0) is 15.8 Å². The number of rotatable bonds is 8. The molecule has 4 N–H and O–H groups in total. The van der Waals surface area contributed by atoms with Gasteiger partial charge in [0.15, 0.2) is 24.3 Å². The number of nitrogens with two attached hydrogens (primary N) is 1. The van der Waals surface area contributed by atoms with Gasteiger partial charge in [-0.2, -0.15) is 13.2 Å². The molecule has 37 heavy (non-hydrogen) atoms. The highest BCUT2D eigenvalue weighted by Crippen LogP contribution is 2.55. The smallest absolute Gasteiger partial charge is 0.433 e. The maximum Gasteiger partial charge on any atom is 0.433 e. The summed E-state index contributed by atoms with van der Waals surface area (Å²) in [5.74, 6) is -3.78. The zero-order chi connectivity index (χ0) is 27.0. The summed E-state index contributed by atoms with van der Waals surface area (Å²) in [7, 11) is 0. The summed E-state index contributed by atoms with van der Waals surface area (Å²) in [5, 5.41) is 13.7. The number of aromatic nitrogens is 1. The predicted molar refractivity (Wildman–Crippen MR) is 117 cm³/mol. The number of nitrogens with one attached hydrogen (secondary N) is 1. The normalized spacial score (nSPS) is 25.8. The van der Waals surface area contributed by atoms with Crippen molar-refractivity contribution >= 4 is 11.8 Å². The Labute approximate surface area is 208 Å². The number of primary amides is 1. The topological polar surface area (TPSA) is 124 Å². The third-order valence-corrected chi connectivity index (χ3v) is 7.12. The van der Waals surface area contributed by atoms with Gasteiger partial charge in [-0.3, -0.25) is 9.59 Å². The van der Waals surface area contributed by atoms with Crippen molar-refractivity contribution in [3.8, 4) is 11.5 Å². The highest BCUT2D eigenvalue weighted by molar-refractivity contribution is 5.81. The molecule has 5 rings (SSSR count). The first-order valence-electron chi connectivity index (χ1n) is 11.4. The van der Waals surface area contributed by atoms with Crippen molar-refractivity contribution < 1.29 is 46.1 Å². The first-order valence-corrected chi connectivity index (χ1v) is 11.4. The van der Waals surface area contributed by atoms with E-state index in [2.05, 4.69) is 10.3 Å². The molecular formula is C24H24F5N3O5. The van der Waals surface area contributed by atoms with Crippen LogP contribution in [0.15, 0.2) is 36.5 Å². The van der Waals surface area contributed by atoms with E-state index >= 15 is 0 Å². The molecule has 2 aromatic rings. The van der Waals surface area contributed by atoms with E-state index < -0.39 is 65.1 Å². The molecule has 1 aromatic carbocycles. The van der Waals surface area contributed by atoms with E-state index in [0.29, 0.717) is 12.8 Å². The highest BCUT2D eigenvalue weighted by Gasteiger charge is 2.59. The molecule has 3 aliphatic carbocycles. The summed E-state index contributed by atoms with van der Waals surface area (Å²) in [6.45, 7) is -0.518. The van der Waals surface area contributed by atoms with Crippen LogP contribution in [0.25, 0.3) is 0 Å². The molecular weight excluding hydrogens is 505 g/mol. The van der Waals surface area contributed by atoms with Crippen molar-refractivity contribution in [3.05, 3.63) is 53.9 Å². The fraction of sp³-hybridized carbons (Fsp3) is 0.458. The second-order valence-corrected chi connectivity index (χ2v) is 9.43. The first-order chi connectivity index (χ1) is 17.3. The molecule has 3 fully saturated rings. The largest absolute Gasteiger partial charge is 0.482 e. The van der Waals surface area contributed by atoms with Gasteiger partial charge >= 0.3 is 6.18 Å². The summed E-state index contributed by atoms with van der Waals surface area (Å²) in [4.78, 5) is 28.1. The van der Waals surface area contributed by atoms with Gasteiger partial charge in [0.2, 0.25) is 0 Å². The molecule has 0 spiro atoms. The van der Waals surface area contributed by atoms with Crippen LogP contribution in [0.2, 0.25) is 0 Å². The number of fused-ring (bicyclic) bond motifs is 3. The number of hydrogen-bond acceptors (Lipinski definition) is 6. The fourth-order valence-corrected chi connectivity index (χ4v) is 5.16. The quantitative estimate of drug-likeness (QED) is 0.452. The number of carbonyl (C=O) groups excluding carboxylic acids is 2. The van der Waals surface area contributed by atoms with E-state index in [0.717, 1.165) is 30.5 Å². The molecule has 0 saturated heterocycles. The van der Waals surface area contributed by atoms with E-state index in [9.17, 15) is 36.6 Å². The number of carbonyl (C=O) groups is 2. The van der Waals surface area contributed by atoms with Gasteiger partial charge in [0, 0.05) is 11.5 Å². The number of hydrogen-bond donors (Lipinski definition) is 3. The molecule has 0 radical (unpaired) electrons. The van der Waals surface area contributed by atoms with E-state index in [-0.39, 0.29) is 30.8 Å². The van der Waals surface area contributed by atoms with Gasteiger partial charge in [-0.15, -0.1) is 0 Å². The number of pyridine rings is 1. The lowest BCUT2D eigenvalue weighted by Crippen LogP contribution is -2.68. The van der Waals surface area contributed by atoms with Gasteiger partial charge in [0.25, 0.3) is 11.8 Å². The van der Waals surface area contributed by atoms with Crippen molar-refractivity contribution in [3.63, 3.8) is 0 Å². The summed E-state index contributed by atoms with van der Waals surface area (Å²) < 4.78 is 75.7. The van der Waals surface area contributed by atoms with E-state index in [1.807, 2.05) is 0 Å². The Morgan fingerprint density at radius 3 is 2.32 bits per heavy atom. The second-order valence-electron chi connectivity index (χ2n) is 9.43. The number of aliphatic hydroxyl groups is 1. The second kappa shape index (κ2) is 9.77. The van der Waals surface area contributed by atoms with Crippen LogP contribution in [-0.4, -0.2) is 46.3 Å².